The number of carbonyl (C=O) groups excluding carboxylic acids is 7. The number of nitrogens with one attached hydrogen (secondary N) is 7. The first-order valence-electron chi connectivity index (χ1n) is 21.8. The zero-order chi connectivity index (χ0) is 48.8. The summed E-state index contributed by atoms with van der Waals surface area (Å²) in [5, 5.41) is 16.9. The van der Waals surface area contributed by atoms with Gasteiger partial charge in [0, 0.05) is 72.0 Å². The van der Waals surface area contributed by atoms with Crippen LogP contribution in [0.5, 0.6) is 5.75 Å². The number of rotatable bonds is 24. The summed E-state index contributed by atoms with van der Waals surface area (Å²) < 4.78 is 16.3. The molecule has 0 aliphatic rings. The molecule has 7 N–H and O–H groups in total. The summed E-state index contributed by atoms with van der Waals surface area (Å²) in [6.45, 7) is 12.8. The third kappa shape index (κ3) is 14.0. The van der Waals surface area contributed by atoms with E-state index in [9.17, 15) is 33.6 Å². The highest BCUT2D eigenvalue weighted by atomic mass is 32.1. The molecule has 67 heavy (non-hydrogen) atoms. The average Bonchev–Trinajstić information content (AvgIpc) is 4.07. The Morgan fingerprint density at radius 1 is 0.836 bits per heavy atom. The molecule has 3 heterocycles. The van der Waals surface area contributed by atoms with Gasteiger partial charge in [-0.25, -0.2) is 4.98 Å². The first-order valence-corrected chi connectivity index (χ1v) is 22.7. The number of ether oxygens (including phenoxy) is 3. The fraction of sp³-hybridized carbons (Fsp3) is 0.404. The van der Waals surface area contributed by atoms with E-state index in [1.165, 1.54) is 32.4 Å². The lowest BCUT2D eigenvalue weighted by Crippen LogP contribution is -2.56. The number of H-pyrrole nitrogens is 2. The Labute approximate surface area is 392 Å². The summed E-state index contributed by atoms with van der Waals surface area (Å²) in [4.78, 5) is 105. The van der Waals surface area contributed by atoms with E-state index in [2.05, 4.69) is 62.0 Å². The Kier molecular flexibility index (Phi) is 18.2. The number of likely N-dealkylation sites (N-methyl/N-ethyl adjacent to an activating group) is 1. The van der Waals surface area contributed by atoms with E-state index in [4.69, 9.17) is 14.2 Å². The molecule has 4 atom stereocenters. The first-order chi connectivity index (χ1) is 32.0. The molecule has 0 saturated carbocycles. The highest BCUT2D eigenvalue weighted by Gasteiger charge is 2.31. The van der Waals surface area contributed by atoms with Crippen molar-refractivity contribution in [1.82, 2.24) is 46.4 Å². The van der Waals surface area contributed by atoms with Crippen molar-refractivity contribution in [3.63, 3.8) is 0 Å². The predicted molar refractivity (Wildman–Crippen MR) is 252 cm³/mol. The summed E-state index contributed by atoms with van der Waals surface area (Å²) >= 11 is 1.32. The Morgan fingerprint density at radius 3 is 2.25 bits per heavy atom. The lowest BCUT2D eigenvalue weighted by molar-refractivity contribution is -0.147. The summed E-state index contributed by atoms with van der Waals surface area (Å²) in [7, 11) is 2.85. The molecule has 19 nitrogen and oxygen atoms in total. The number of hydrogen-bond donors (Lipinski definition) is 7. The van der Waals surface area contributed by atoms with Crippen LogP contribution in [0.15, 0.2) is 72.5 Å². The fourth-order valence-corrected chi connectivity index (χ4v) is 7.89. The summed E-state index contributed by atoms with van der Waals surface area (Å²) in [6, 6.07) is 9.22. The standard InChI is InChI=1S/C47H59N9O10S/c1-9-66-40(58)22-56(7)47(63)29(6)52-42(59)28(5)51-39(57)21-50-43(60)35(18-31-20-49-34-15-12-16-38(64-8)41(31)34)53-44(61)36(17-30-19-48-33-14-11-10-13-32(30)33)54-45(62)37-25-67-46(55-37)27(4)24-65-23-26(2)3/h10-16,19-20,25-28,35-36,48-49H,6,9,17-18,21-24H2,1-5,7-8H3,(H,50,60)(H,51,57)(H,52,59)(H,53,61)(H,54,62). The van der Waals surface area contributed by atoms with Crippen molar-refractivity contribution in [3.05, 3.63) is 94.3 Å². The number of thiazole rings is 1. The normalized spacial score (nSPS) is 13.0. The molecule has 0 saturated heterocycles. The average molecular weight is 942 g/mol. The third-order valence-corrected chi connectivity index (χ3v) is 11.6. The molecular weight excluding hydrogens is 883 g/mol. The molecular formula is C47H59N9O10S. The smallest absolute Gasteiger partial charge is 0.325 e. The Morgan fingerprint density at radius 2 is 1.52 bits per heavy atom. The van der Waals surface area contributed by atoms with Gasteiger partial charge in [0.25, 0.3) is 11.8 Å². The first kappa shape index (κ1) is 50.9. The molecule has 5 aromatic rings. The highest BCUT2D eigenvalue weighted by molar-refractivity contribution is 7.09. The Hall–Kier alpha value is -7.06. The van der Waals surface area contributed by atoms with E-state index in [1.54, 1.807) is 36.8 Å². The third-order valence-electron chi connectivity index (χ3n) is 10.5. The van der Waals surface area contributed by atoms with Gasteiger partial charge in [-0.3, -0.25) is 33.6 Å². The maximum absolute atomic E-state index is 14.5. The van der Waals surface area contributed by atoms with Crippen molar-refractivity contribution in [3.8, 4) is 5.75 Å². The monoisotopic (exact) mass is 941 g/mol. The van der Waals surface area contributed by atoms with Crippen LogP contribution in [0.25, 0.3) is 21.8 Å². The van der Waals surface area contributed by atoms with Crippen LogP contribution in [-0.2, 0) is 51.1 Å². The number of aromatic nitrogens is 3. The van der Waals surface area contributed by atoms with Gasteiger partial charge in [-0.1, -0.05) is 51.6 Å². The number of hydrogen-bond acceptors (Lipinski definition) is 12. The molecule has 20 heteroatoms. The van der Waals surface area contributed by atoms with Crippen LogP contribution in [0.3, 0.4) is 0 Å². The fourth-order valence-electron chi connectivity index (χ4n) is 7.05. The molecule has 3 aromatic heterocycles. The lowest BCUT2D eigenvalue weighted by atomic mass is 10.0. The van der Waals surface area contributed by atoms with Gasteiger partial charge >= 0.3 is 5.97 Å². The van der Waals surface area contributed by atoms with Gasteiger partial charge in [-0.2, -0.15) is 0 Å². The number of nitrogens with zero attached hydrogens (tertiary/aromatic N) is 2. The molecule has 6 amide bonds. The van der Waals surface area contributed by atoms with Crippen molar-refractivity contribution in [2.75, 3.05) is 47.1 Å². The topological polar surface area (TPSA) is 255 Å². The van der Waals surface area contributed by atoms with Gasteiger partial charge in [0.15, 0.2) is 0 Å². The van der Waals surface area contributed by atoms with Gasteiger partial charge in [-0.05, 0) is 49.1 Å². The van der Waals surface area contributed by atoms with E-state index in [0.717, 1.165) is 26.9 Å². The highest BCUT2D eigenvalue weighted by Crippen LogP contribution is 2.29. The molecule has 0 bridgehead atoms. The van der Waals surface area contributed by atoms with Crippen molar-refractivity contribution in [1.29, 1.82) is 0 Å². The minimum atomic E-state index is -1.30. The second-order valence-electron chi connectivity index (χ2n) is 16.4. The summed E-state index contributed by atoms with van der Waals surface area (Å²) in [5.41, 5.74) is 2.68. The van der Waals surface area contributed by atoms with Gasteiger partial charge in [0.2, 0.25) is 23.6 Å². The van der Waals surface area contributed by atoms with E-state index < -0.39 is 66.1 Å². The van der Waals surface area contributed by atoms with Crippen LogP contribution in [0.2, 0.25) is 0 Å². The van der Waals surface area contributed by atoms with Crippen molar-refractivity contribution >= 4 is 74.6 Å². The van der Waals surface area contributed by atoms with E-state index in [0.29, 0.717) is 40.8 Å². The SMILES string of the molecule is C=C(NC(=O)C(C)NC(=O)CNC(=O)C(Cc1c[nH]c2cccc(OC)c12)NC(=O)C(Cc1c[nH]c2ccccc12)NC(=O)c1csc(C(C)COCC(C)C)n1)C(=O)N(C)CC(=O)OCC. The number of amides is 6. The quantitative estimate of drug-likeness (QED) is 0.0349. The molecule has 4 unspecified atom stereocenters. The van der Waals surface area contributed by atoms with Crippen molar-refractivity contribution < 1.29 is 47.8 Å². The molecule has 0 fully saturated rings. The largest absolute Gasteiger partial charge is 0.496 e. The van der Waals surface area contributed by atoms with Crippen LogP contribution in [-0.4, -0.2) is 126 Å². The number of fused-ring (bicyclic) bond motifs is 2. The van der Waals surface area contributed by atoms with E-state index in [-0.39, 0.29) is 43.3 Å². The minimum Gasteiger partial charge on any atom is -0.496 e. The maximum Gasteiger partial charge on any atom is 0.325 e. The molecule has 358 valence electrons. The zero-order valence-electron chi connectivity index (χ0n) is 38.7. The van der Waals surface area contributed by atoms with Crippen LogP contribution in [0, 0.1) is 5.92 Å². The van der Waals surface area contributed by atoms with Crippen LogP contribution >= 0.6 is 11.3 Å². The maximum atomic E-state index is 14.5. The molecule has 0 aliphatic carbocycles. The second-order valence-corrected chi connectivity index (χ2v) is 17.3. The number of carbonyl (C=O) groups is 7. The number of methoxy groups -OCH3 is 1. The number of aromatic amines is 2. The van der Waals surface area contributed by atoms with Gasteiger partial charge in [0.1, 0.15) is 36.1 Å². The van der Waals surface area contributed by atoms with Crippen LogP contribution < -0.4 is 31.3 Å². The number of para-hydroxylation sites is 1. The van der Waals surface area contributed by atoms with Gasteiger partial charge in [0.05, 0.1) is 37.6 Å². The van der Waals surface area contributed by atoms with Gasteiger partial charge in [-0.15, -0.1) is 11.3 Å². The molecule has 5 rings (SSSR count). The zero-order valence-corrected chi connectivity index (χ0v) is 39.5. The second kappa shape index (κ2) is 23.9. The van der Waals surface area contributed by atoms with Crippen molar-refractivity contribution in [2.45, 2.75) is 71.5 Å². The predicted octanol–water partition coefficient (Wildman–Crippen LogP) is 3.23. The molecule has 0 spiro atoms. The number of benzene rings is 2. The van der Waals surface area contributed by atoms with Gasteiger partial charge < -0.3 is 55.7 Å². The Balaban J connectivity index is 1.33. The van der Waals surface area contributed by atoms with Crippen LogP contribution in [0.1, 0.15) is 67.2 Å². The number of esters is 1. The molecule has 0 aliphatic heterocycles. The summed E-state index contributed by atoms with van der Waals surface area (Å²) in [6.07, 6.45) is 3.42. The van der Waals surface area contributed by atoms with E-state index in [1.807, 2.05) is 37.3 Å². The van der Waals surface area contributed by atoms with Crippen LogP contribution in [0.4, 0.5) is 0 Å². The lowest BCUT2D eigenvalue weighted by Gasteiger charge is -2.23. The van der Waals surface area contributed by atoms with E-state index >= 15 is 0 Å². The summed E-state index contributed by atoms with van der Waals surface area (Å²) in [5.74, 6) is -4.16. The molecule has 0 radical (unpaired) electrons. The minimum absolute atomic E-state index is 0.0370. The van der Waals surface area contributed by atoms with Crippen molar-refractivity contribution in [2.24, 2.45) is 5.92 Å². The Bertz CT molecular complexity index is 2580. The molecule has 2 aromatic carbocycles.